The maximum atomic E-state index is 12.4. The van der Waals surface area contributed by atoms with Gasteiger partial charge in [-0.25, -0.2) is 8.42 Å². The number of rotatable bonds is 2. The molecule has 0 aliphatic carbocycles. The Morgan fingerprint density at radius 3 is 1.94 bits per heavy atom. The van der Waals surface area contributed by atoms with E-state index < -0.39 is 9.84 Å². The summed E-state index contributed by atoms with van der Waals surface area (Å²) >= 11 is 5.76. The zero-order valence-electron chi connectivity index (χ0n) is 10.1. The van der Waals surface area contributed by atoms with Crippen molar-refractivity contribution in [2.75, 3.05) is 0 Å². The third-order valence-corrected chi connectivity index (χ3v) is 4.93. The summed E-state index contributed by atoms with van der Waals surface area (Å²) < 4.78 is 24.7. The molecule has 2 nitrogen and oxygen atoms in total. The van der Waals surface area contributed by atoms with Crippen molar-refractivity contribution in [3.05, 3.63) is 58.6 Å². The van der Waals surface area contributed by atoms with Gasteiger partial charge in [0, 0.05) is 5.02 Å². The molecule has 2 rings (SSSR count). The van der Waals surface area contributed by atoms with Crippen LogP contribution in [0.4, 0.5) is 0 Å². The molecule has 0 amide bonds. The largest absolute Gasteiger partial charge is 0.219 e. The average molecular weight is 281 g/mol. The Hall–Kier alpha value is -1.32. The molecule has 0 unspecified atom stereocenters. The van der Waals surface area contributed by atoms with Crippen molar-refractivity contribution in [1.82, 2.24) is 0 Å². The summed E-state index contributed by atoms with van der Waals surface area (Å²) in [5, 5.41) is 0.522. The summed E-state index contributed by atoms with van der Waals surface area (Å²) in [6.45, 7) is 3.85. The quantitative estimate of drug-likeness (QED) is 0.839. The van der Waals surface area contributed by atoms with Crippen molar-refractivity contribution in [2.45, 2.75) is 23.6 Å². The number of benzene rings is 2. The Labute approximate surface area is 112 Å². The molecule has 0 aliphatic heterocycles. The second-order valence-corrected chi connectivity index (χ2v) is 6.59. The molecule has 94 valence electrons. The number of aryl methyl sites for hydroxylation is 2. The summed E-state index contributed by atoms with van der Waals surface area (Å²) in [6, 6.07) is 11.3. The zero-order chi connectivity index (χ0) is 13.3. The van der Waals surface area contributed by atoms with Gasteiger partial charge in [0.15, 0.2) is 0 Å². The smallest absolute Gasteiger partial charge is 0.206 e. The first kappa shape index (κ1) is 13.1. The minimum Gasteiger partial charge on any atom is -0.219 e. The second-order valence-electron chi connectivity index (χ2n) is 4.20. The van der Waals surface area contributed by atoms with Crippen LogP contribution < -0.4 is 0 Å². The minimum absolute atomic E-state index is 0.259. The van der Waals surface area contributed by atoms with E-state index >= 15 is 0 Å². The Balaban J connectivity index is 2.54. The number of sulfone groups is 1. The normalized spacial score (nSPS) is 11.5. The topological polar surface area (TPSA) is 34.1 Å². The van der Waals surface area contributed by atoms with Gasteiger partial charge >= 0.3 is 0 Å². The van der Waals surface area contributed by atoms with Crippen LogP contribution in [0.25, 0.3) is 0 Å². The SMILES string of the molecule is Cc1ccc(S(=O)(=O)c2ccc(Cl)cc2)cc1C. The van der Waals surface area contributed by atoms with Crippen LogP contribution in [0.5, 0.6) is 0 Å². The van der Waals surface area contributed by atoms with E-state index in [9.17, 15) is 8.42 Å². The van der Waals surface area contributed by atoms with Gasteiger partial charge in [-0.1, -0.05) is 17.7 Å². The molecule has 0 heterocycles. The summed E-state index contributed by atoms with van der Waals surface area (Å²) in [5.74, 6) is 0. The first-order chi connectivity index (χ1) is 8.41. The van der Waals surface area contributed by atoms with Gasteiger partial charge in [0.25, 0.3) is 0 Å². The molecule has 18 heavy (non-hydrogen) atoms. The van der Waals surface area contributed by atoms with Crippen LogP contribution in [0, 0.1) is 13.8 Å². The van der Waals surface area contributed by atoms with Crippen LogP contribution in [0.2, 0.25) is 5.02 Å². The average Bonchev–Trinajstić information content (AvgIpc) is 2.33. The number of hydrogen-bond donors (Lipinski definition) is 0. The fraction of sp³-hybridized carbons (Fsp3) is 0.143. The Kier molecular flexibility index (Phi) is 3.46. The highest BCUT2D eigenvalue weighted by Gasteiger charge is 2.17. The van der Waals surface area contributed by atoms with E-state index in [0.29, 0.717) is 9.92 Å². The third-order valence-electron chi connectivity index (χ3n) is 2.91. The molecule has 2 aromatic rings. The summed E-state index contributed by atoms with van der Waals surface area (Å²) in [6.07, 6.45) is 0. The Morgan fingerprint density at radius 2 is 1.39 bits per heavy atom. The van der Waals surface area contributed by atoms with Gasteiger partial charge in [-0.15, -0.1) is 0 Å². The van der Waals surface area contributed by atoms with Gasteiger partial charge in [0.05, 0.1) is 9.79 Å². The lowest BCUT2D eigenvalue weighted by Gasteiger charge is -2.07. The fourth-order valence-electron chi connectivity index (χ4n) is 1.63. The number of halogens is 1. The summed E-state index contributed by atoms with van der Waals surface area (Å²) in [4.78, 5) is 0.572. The van der Waals surface area contributed by atoms with Crippen molar-refractivity contribution >= 4 is 21.4 Å². The molecule has 0 spiro atoms. The van der Waals surface area contributed by atoms with Crippen molar-refractivity contribution < 1.29 is 8.42 Å². The van der Waals surface area contributed by atoms with E-state index in [1.807, 2.05) is 19.9 Å². The highest BCUT2D eigenvalue weighted by molar-refractivity contribution is 7.91. The molecule has 0 saturated carbocycles. The lowest BCUT2D eigenvalue weighted by Crippen LogP contribution is -2.02. The van der Waals surface area contributed by atoms with Crippen LogP contribution in [0.3, 0.4) is 0 Å². The maximum Gasteiger partial charge on any atom is 0.206 e. The fourth-order valence-corrected chi connectivity index (χ4v) is 3.10. The minimum atomic E-state index is -3.45. The van der Waals surface area contributed by atoms with Gasteiger partial charge in [-0.3, -0.25) is 0 Å². The van der Waals surface area contributed by atoms with Gasteiger partial charge in [-0.05, 0) is 61.4 Å². The van der Waals surface area contributed by atoms with Crippen LogP contribution in [-0.2, 0) is 9.84 Å². The van der Waals surface area contributed by atoms with Gasteiger partial charge < -0.3 is 0 Å². The van der Waals surface area contributed by atoms with E-state index in [0.717, 1.165) is 11.1 Å². The van der Waals surface area contributed by atoms with Crippen molar-refractivity contribution in [1.29, 1.82) is 0 Å². The monoisotopic (exact) mass is 280 g/mol. The zero-order valence-corrected chi connectivity index (χ0v) is 11.7. The molecular formula is C14H13ClO2S. The third kappa shape index (κ3) is 2.42. The maximum absolute atomic E-state index is 12.4. The molecular weight excluding hydrogens is 268 g/mol. The first-order valence-corrected chi connectivity index (χ1v) is 7.35. The molecule has 0 atom stereocenters. The Bertz CT molecular complexity index is 673. The highest BCUT2D eigenvalue weighted by Crippen LogP contribution is 2.23. The van der Waals surface area contributed by atoms with E-state index in [1.165, 1.54) is 12.1 Å². The summed E-state index contributed by atoms with van der Waals surface area (Å²) in [5.41, 5.74) is 2.04. The van der Waals surface area contributed by atoms with Crippen molar-refractivity contribution in [3.8, 4) is 0 Å². The van der Waals surface area contributed by atoms with Crippen LogP contribution in [-0.4, -0.2) is 8.42 Å². The molecule has 0 saturated heterocycles. The van der Waals surface area contributed by atoms with E-state index in [1.54, 1.807) is 24.3 Å². The number of hydrogen-bond acceptors (Lipinski definition) is 2. The van der Waals surface area contributed by atoms with E-state index in [4.69, 9.17) is 11.6 Å². The molecule has 4 heteroatoms. The molecule has 0 aromatic heterocycles. The second kappa shape index (κ2) is 4.75. The summed E-state index contributed by atoms with van der Waals surface area (Å²) in [7, 11) is -3.45. The molecule has 0 aliphatic rings. The Morgan fingerprint density at radius 1 is 0.833 bits per heavy atom. The molecule has 0 radical (unpaired) electrons. The van der Waals surface area contributed by atoms with Gasteiger partial charge in [0.1, 0.15) is 0 Å². The molecule has 2 aromatic carbocycles. The van der Waals surface area contributed by atoms with E-state index in [2.05, 4.69) is 0 Å². The molecule has 0 bridgehead atoms. The van der Waals surface area contributed by atoms with Crippen LogP contribution >= 0.6 is 11.6 Å². The lowest BCUT2D eigenvalue weighted by molar-refractivity contribution is 0.596. The van der Waals surface area contributed by atoms with Crippen LogP contribution in [0.1, 0.15) is 11.1 Å². The van der Waals surface area contributed by atoms with E-state index in [-0.39, 0.29) is 4.90 Å². The lowest BCUT2D eigenvalue weighted by atomic mass is 10.1. The predicted octanol–water partition coefficient (Wildman–Crippen LogP) is 3.79. The van der Waals surface area contributed by atoms with Gasteiger partial charge in [-0.2, -0.15) is 0 Å². The first-order valence-electron chi connectivity index (χ1n) is 5.49. The molecule has 0 N–H and O–H groups in total. The highest BCUT2D eigenvalue weighted by atomic mass is 35.5. The molecule has 0 fully saturated rings. The van der Waals surface area contributed by atoms with Gasteiger partial charge in [0.2, 0.25) is 9.84 Å². The standard InChI is InChI=1S/C14H13ClO2S/c1-10-3-6-14(9-11(10)2)18(16,17)13-7-4-12(15)5-8-13/h3-9H,1-2H3. The van der Waals surface area contributed by atoms with Crippen molar-refractivity contribution in [2.24, 2.45) is 0 Å². The van der Waals surface area contributed by atoms with Crippen LogP contribution in [0.15, 0.2) is 52.3 Å². The predicted molar refractivity (Wildman–Crippen MR) is 72.8 cm³/mol. The van der Waals surface area contributed by atoms with Crippen molar-refractivity contribution in [3.63, 3.8) is 0 Å².